The molecule has 0 saturated heterocycles. The van der Waals surface area contributed by atoms with E-state index >= 15 is 0 Å². The third-order valence-electron chi connectivity index (χ3n) is 3.75. The van der Waals surface area contributed by atoms with E-state index < -0.39 is 0 Å². The molecule has 0 fully saturated rings. The van der Waals surface area contributed by atoms with Gasteiger partial charge in [-0.3, -0.25) is 0 Å². The maximum atomic E-state index is 13.1. The summed E-state index contributed by atoms with van der Waals surface area (Å²) < 4.78 is 19.1. The summed E-state index contributed by atoms with van der Waals surface area (Å²) in [6.07, 6.45) is 2.03. The minimum atomic E-state index is -0.174. The Kier molecular flexibility index (Phi) is 4.31. The quantitative estimate of drug-likeness (QED) is 0.739. The van der Waals surface area contributed by atoms with Crippen LogP contribution in [-0.2, 0) is 6.42 Å². The maximum Gasteiger partial charge on any atom is 0.123 e. The molecule has 0 aromatic heterocycles. The average Bonchev–Trinajstić information content (AvgIpc) is 2.66. The molecule has 1 heterocycles. The maximum absolute atomic E-state index is 13.1. The summed E-state index contributed by atoms with van der Waals surface area (Å²) in [6.45, 7) is 6.67. The molecule has 18 heavy (non-hydrogen) atoms. The Morgan fingerprint density at radius 1 is 1.39 bits per heavy atom. The van der Waals surface area contributed by atoms with E-state index in [0.29, 0.717) is 16.7 Å². The number of halogens is 2. The summed E-state index contributed by atoms with van der Waals surface area (Å²) in [5.74, 6) is 1.87. The summed E-state index contributed by atoms with van der Waals surface area (Å²) in [4.78, 5) is 0.474. The highest BCUT2D eigenvalue weighted by Gasteiger charge is 2.29. The van der Waals surface area contributed by atoms with Crippen LogP contribution in [-0.4, -0.2) is 10.9 Å². The highest BCUT2D eigenvalue weighted by atomic mass is 79.9. The van der Waals surface area contributed by atoms with Crippen LogP contribution in [0.15, 0.2) is 18.2 Å². The van der Waals surface area contributed by atoms with Crippen LogP contribution in [0.5, 0.6) is 5.75 Å². The first-order valence-electron chi connectivity index (χ1n) is 6.56. The van der Waals surface area contributed by atoms with Gasteiger partial charge in [0.1, 0.15) is 17.7 Å². The van der Waals surface area contributed by atoms with E-state index in [1.807, 2.05) is 0 Å². The van der Waals surface area contributed by atoms with E-state index in [0.717, 1.165) is 24.2 Å². The van der Waals surface area contributed by atoms with Crippen molar-refractivity contribution in [2.45, 2.75) is 44.5 Å². The Morgan fingerprint density at radius 2 is 2.11 bits per heavy atom. The van der Waals surface area contributed by atoms with E-state index in [-0.39, 0.29) is 11.9 Å². The molecular formula is C15H20BrFO. The minimum Gasteiger partial charge on any atom is -0.490 e. The molecule has 0 radical (unpaired) electrons. The van der Waals surface area contributed by atoms with Gasteiger partial charge in [0.25, 0.3) is 0 Å². The monoisotopic (exact) mass is 314 g/mol. The second kappa shape index (κ2) is 5.60. The molecule has 100 valence electrons. The smallest absolute Gasteiger partial charge is 0.123 e. The third-order valence-corrected chi connectivity index (χ3v) is 4.42. The topological polar surface area (TPSA) is 9.23 Å². The summed E-state index contributed by atoms with van der Waals surface area (Å²) in [5.41, 5.74) is 1.00. The molecule has 1 aliphatic heterocycles. The number of hydrogen-bond acceptors (Lipinski definition) is 1. The number of benzene rings is 1. The molecule has 1 aromatic rings. The SMILES string of the molecule is CC(C)C(CC1Cc2cc(F)ccc2O1)C(C)Br. The summed E-state index contributed by atoms with van der Waals surface area (Å²) in [5, 5.41) is 0. The third kappa shape index (κ3) is 3.05. The predicted octanol–water partition coefficient (Wildman–Crippen LogP) is 4.57. The number of alkyl halides is 1. The van der Waals surface area contributed by atoms with Crippen molar-refractivity contribution in [1.82, 2.24) is 0 Å². The lowest BCUT2D eigenvalue weighted by atomic mass is 9.87. The minimum absolute atomic E-state index is 0.174. The van der Waals surface area contributed by atoms with Gasteiger partial charge >= 0.3 is 0 Å². The Bertz CT molecular complexity index is 409. The van der Waals surface area contributed by atoms with Gasteiger partial charge in [-0.15, -0.1) is 0 Å². The van der Waals surface area contributed by atoms with Crippen molar-refractivity contribution in [3.8, 4) is 5.75 Å². The largest absolute Gasteiger partial charge is 0.490 e. The lowest BCUT2D eigenvalue weighted by Crippen LogP contribution is -2.26. The van der Waals surface area contributed by atoms with Crippen molar-refractivity contribution in [1.29, 1.82) is 0 Å². The van der Waals surface area contributed by atoms with E-state index in [1.54, 1.807) is 12.1 Å². The van der Waals surface area contributed by atoms with Crippen LogP contribution in [0.25, 0.3) is 0 Å². The van der Waals surface area contributed by atoms with E-state index in [1.165, 1.54) is 6.07 Å². The summed E-state index contributed by atoms with van der Waals surface area (Å²) >= 11 is 3.68. The zero-order valence-corrected chi connectivity index (χ0v) is 12.7. The number of fused-ring (bicyclic) bond motifs is 1. The molecule has 0 bridgehead atoms. The van der Waals surface area contributed by atoms with Crippen LogP contribution < -0.4 is 4.74 Å². The van der Waals surface area contributed by atoms with Gasteiger partial charge in [-0.1, -0.05) is 36.7 Å². The molecule has 0 amide bonds. The van der Waals surface area contributed by atoms with Crippen molar-refractivity contribution >= 4 is 15.9 Å². The fourth-order valence-electron chi connectivity index (χ4n) is 2.71. The van der Waals surface area contributed by atoms with Crippen molar-refractivity contribution in [2.75, 3.05) is 0 Å². The van der Waals surface area contributed by atoms with Crippen LogP contribution in [0.2, 0.25) is 0 Å². The van der Waals surface area contributed by atoms with Crippen LogP contribution in [0.3, 0.4) is 0 Å². The van der Waals surface area contributed by atoms with Gasteiger partial charge in [-0.05, 0) is 36.5 Å². The molecule has 0 saturated carbocycles. The Morgan fingerprint density at radius 3 is 2.72 bits per heavy atom. The molecule has 2 rings (SSSR count). The molecule has 0 N–H and O–H groups in total. The lowest BCUT2D eigenvalue weighted by molar-refractivity contribution is 0.175. The first-order valence-corrected chi connectivity index (χ1v) is 7.48. The van der Waals surface area contributed by atoms with Gasteiger partial charge in [0.15, 0.2) is 0 Å². The van der Waals surface area contributed by atoms with Crippen LogP contribution >= 0.6 is 15.9 Å². The molecule has 3 atom stereocenters. The first kappa shape index (κ1) is 13.9. The number of rotatable bonds is 4. The summed E-state index contributed by atoms with van der Waals surface area (Å²) in [6, 6.07) is 4.80. The van der Waals surface area contributed by atoms with Crippen LogP contribution in [0.4, 0.5) is 4.39 Å². The fraction of sp³-hybridized carbons (Fsp3) is 0.600. The van der Waals surface area contributed by atoms with Gasteiger partial charge in [0, 0.05) is 16.8 Å². The fourth-order valence-corrected chi connectivity index (χ4v) is 3.54. The number of ether oxygens (including phenoxy) is 1. The van der Waals surface area contributed by atoms with Gasteiger partial charge in [0.2, 0.25) is 0 Å². The number of hydrogen-bond donors (Lipinski definition) is 0. The summed E-state index contributed by atoms with van der Waals surface area (Å²) in [7, 11) is 0. The average molecular weight is 315 g/mol. The molecule has 1 nitrogen and oxygen atoms in total. The molecule has 1 aromatic carbocycles. The van der Waals surface area contributed by atoms with Crippen LogP contribution in [0.1, 0.15) is 32.8 Å². The van der Waals surface area contributed by atoms with Gasteiger partial charge < -0.3 is 4.74 Å². The lowest BCUT2D eigenvalue weighted by Gasteiger charge is -2.26. The normalized spacial score (nSPS) is 21.6. The van der Waals surface area contributed by atoms with E-state index in [2.05, 4.69) is 36.7 Å². The Balaban J connectivity index is 2.02. The zero-order valence-electron chi connectivity index (χ0n) is 11.1. The van der Waals surface area contributed by atoms with E-state index in [4.69, 9.17) is 4.74 Å². The van der Waals surface area contributed by atoms with Gasteiger partial charge in [-0.2, -0.15) is 0 Å². The van der Waals surface area contributed by atoms with Crippen molar-refractivity contribution in [2.24, 2.45) is 11.8 Å². The first-order chi connectivity index (χ1) is 8.47. The second-order valence-corrected chi connectivity index (χ2v) is 6.96. The molecule has 3 unspecified atom stereocenters. The van der Waals surface area contributed by atoms with Crippen molar-refractivity contribution in [3.05, 3.63) is 29.6 Å². The van der Waals surface area contributed by atoms with Crippen molar-refractivity contribution in [3.63, 3.8) is 0 Å². The second-order valence-electron chi connectivity index (χ2n) is 5.52. The molecule has 0 spiro atoms. The molecule has 3 heteroatoms. The van der Waals surface area contributed by atoms with Crippen molar-refractivity contribution < 1.29 is 9.13 Å². The van der Waals surface area contributed by atoms with Crippen LogP contribution in [0, 0.1) is 17.7 Å². The zero-order chi connectivity index (χ0) is 13.3. The molecule has 0 aliphatic carbocycles. The van der Waals surface area contributed by atoms with E-state index in [9.17, 15) is 4.39 Å². The van der Waals surface area contributed by atoms with Gasteiger partial charge in [-0.25, -0.2) is 4.39 Å². The Labute approximate surface area is 117 Å². The highest BCUT2D eigenvalue weighted by molar-refractivity contribution is 9.09. The Hall–Kier alpha value is -0.570. The molecular weight excluding hydrogens is 295 g/mol. The predicted molar refractivity (Wildman–Crippen MR) is 75.9 cm³/mol. The standard InChI is InChI=1S/C15H20BrFO/c1-9(2)14(10(3)16)8-13-7-11-6-12(17)4-5-15(11)18-13/h4-6,9-10,13-14H,7-8H2,1-3H3. The highest BCUT2D eigenvalue weighted by Crippen LogP contribution is 2.35. The molecule has 1 aliphatic rings. The van der Waals surface area contributed by atoms with Gasteiger partial charge in [0.05, 0.1) is 0 Å².